The largest absolute Gasteiger partial charge is 0.265 e. The smallest absolute Gasteiger partial charge is 0.115 e. The highest BCUT2D eigenvalue weighted by molar-refractivity contribution is 5.05. The van der Waals surface area contributed by atoms with Crippen molar-refractivity contribution in [2.45, 2.75) is 6.92 Å². The molecule has 2 heterocycles. The number of rotatable bonds is 0. The molecule has 0 aliphatic rings. The Kier molecular flexibility index (Phi) is 4.18. The number of hydrogen-bond acceptors (Lipinski definition) is 3. The van der Waals surface area contributed by atoms with E-state index in [2.05, 4.69) is 15.0 Å². The zero-order valence-corrected chi connectivity index (χ0v) is 7.46. The number of aromatic nitrogens is 3. The molecular formula is C10H11N3. The zero-order chi connectivity index (χ0) is 9.36. The van der Waals surface area contributed by atoms with Crippen LogP contribution in [0.3, 0.4) is 0 Å². The maximum Gasteiger partial charge on any atom is 0.115 e. The van der Waals surface area contributed by atoms with E-state index in [9.17, 15) is 0 Å². The van der Waals surface area contributed by atoms with Crippen LogP contribution >= 0.6 is 0 Å². The Bertz CT molecular complexity index is 281. The monoisotopic (exact) mass is 173 g/mol. The maximum absolute atomic E-state index is 3.85. The van der Waals surface area contributed by atoms with Crippen molar-refractivity contribution in [3.8, 4) is 0 Å². The number of aryl methyl sites for hydroxylation is 1. The Hall–Kier alpha value is -1.77. The molecule has 3 heteroatoms. The van der Waals surface area contributed by atoms with Crippen LogP contribution in [0.5, 0.6) is 0 Å². The van der Waals surface area contributed by atoms with E-state index in [0.29, 0.717) is 0 Å². The zero-order valence-electron chi connectivity index (χ0n) is 7.46. The van der Waals surface area contributed by atoms with Gasteiger partial charge in [-0.05, 0) is 30.7 Å². The number of pyridine rings is 1. The quantitative estimate of drug-likeness (QED) is 0.610. The molecule has 0 radical (unpaired) electrons. The highest BCUT2D eigenvalue weighted by Crippen LogP contribution is 1.88. The van der Waals surface area contributed by atoms with Crippen LogP contribution in [-0.2, 0) is 0 Å². The Labute approximate surface area is 77.5 Å². The normalized spacial score (nSPS) is 8.38. The second-order valence-corrected chi connectivity index (χ2v) is 2.43. The fourth-order valence-electron chi connectivity index (χ4n) is 0.680. The van der Waals surface area contributed by atoms with Crippen molar-refractivity contribution in [1.82, 2.24) is 15.0 Å². The summed E-state index contributed by atoms with van der Waals surface area (Å²) in [5.74, 6) is 0. The molecule has 3 nitrogen and oxygen atoms in total. The molecule has 0 saturated carbocycles. The summed E-state index contributed by atoms with van der Waals surface area (Å²) in [6.45, 7) is 2.04. The van der Waals surface area contributed by atoms with Crippen molar-refractivity contribution in [3.05, 3.63) is 54.9 Å². The molecular weight excluding hydrogens is 162 g/mol. The molecule has 0 fully saturated rings. The minimum Gasteiger partial charge on any atom is -0.265 e. The average molecular weight is 173 g/mol. The van der Waals surface area contributed by atoms with E-state index < -0.39 is 0 Å². The first kappa shape index (κ1) is 9.32. The van der Waals surface area contributed by atoms with Crippen LogP contribution < -0.4 is 0 Å². The molecule has 2 aromatic heterocycles. The van der Waals surface area contributed by atoms with Gasteiger partial charge < -0.3 is 0 Å². The molecule has 0 spiro atoms. The van der Waals surface area contributed by atoms with Crippen molar-refractivity contribution < 1.29 is 0 Å². The van der Waals surface area contributed by atoms with E-state index >= 15 is 0 Å². The van der Waals surface area contributed by atoms with E-state index in [1.807, 2.05) is 19.1 Å². The van der Waals surface area contributed by atoms with Gasteiger partial charge >= 0.3 is 0 Å². The highest BCUT2D eigenvalue weighted by atomic mass is 14.8. The van der Waals surface area contributed by atoms with Gasteiger partial charge in [-0.1, -0.05) is 0 Å². The third-order valence-corrected chi connectivity index (χ3v) is 1.32. The van der Waals surface area contributed by atoms with Crippen LogP contribution in [-0.4, -0.2) is 15.0 Å². The summed E-state index contributed by atoms with van der Waals surface area (Å²) in [7, 11) is 0. The molecule has 2 rings (SSSR count). The van der Waals surface area contributed by atoms with Gasteiger partial charge in [0.05, 0.1) is 0 Å². The van der Waals surface area contributed by atoms with Gasteiger partial charge in [-0.2, -0.15) is 0 Å². The first-order valence-electron chi connectivity index (χ1n) is 3.96. The van der Waals surface area contributed by atoms with Crippen LogP contribution in [0.1, 0.15) is 5.56 Å². The topological polar surface area (TPSA) is 38.7 Å². The maximum atomic E-state index is 3.85. The van der Waals surface area contributed by atoms with Crippen LogP contribution in [0.25, 0.3) is 0 Å². The SMILES string of the molecule is Cc1ccncc1.c1cncnc1. The fraction of sp³-hybridized carbons (Fsp3) is 0.100. The molecule has 0 aliphatic heterocycles. The minimum absolute atomic E-state index is 1.26. The lowest BCUT2D eigenvalue weighted by Crippen LogP contribution is -1.68. The summed E-state index contributed by atoms with van der Waals surface area (Å²) in [6, 6.07) is 5.72. The predicted octanol–water partition coefficient (Wildman–Crippen LogP) is 1.87. The van der Waals surface area contributed by atoms with Crippen molar-refractivity contribution in [2.75, 3.05) is 0 Å². The van der Waals surface area contributed by atoms with Gasteiger partial charge in [0.2, 0.25) is 0 Å². The Morgan fingerprint density at radius 2 is 1.46 bits per heavy atom. The summed E-state index contributed by atoms with van der Waals surface area (Å²) in [6.07, 6.45) is 8.45. The minimum atomic E-state index is 1.26. The van der Waals surface area contributed by atoms with Crippen LogP contribution in [0.2, 0.25) is 0 Å². The van der Waals surface area contributed by atoms with Gasteiger partial charge in [0.1, 0.15) is 6.33 Å². The molecule has 0 atom stereocenters. The third-order valence-electron chi connectivity index (χ3n) is 1.32. The average Bonchev–Trinajstić information content (AvgIpc) is 2.22. The lowest BCUT2D eigenvalue weighted by molar-refractivity contribution is 1.17. The van der Waals surface area contributed by atoms with Crippen LogP contribution in [0, 0.1) is 6.92 Å². The molecule has 0 bridgehead atoms. The molecule has 13 heavy (non-hydrogen) atoms. The van der Waals surface area contributed by atoms with E-state index in [1.165, 1.54) is 11.9 Å². The van der Waals surface area contributed by atoms with Crippen molar-refractivity contribution >= 4 is 0 Å². The summed E-state index contributed by atoms with van der Waals surface area (Å²) in [5.41, 5.74) is 1.26. The van der Waals surface area contributed by atoms with Gasteiger partial charge in [-0.3, -0.25) is 4.98 Å². The lowest BCUT2D eigenvalue weighted by atomic mass is 10.3. The Balaban J connectivity index is 0.000000132. The van der Waals surface area contributed by atoms with E-state index in [-0.39, 0.29) is 0 Å². The lowest BCUT2D eigenvalue weighted by Gasteiger charge is -1.82. The molecule has 66 valence electrons. The van der Waals surface area contributed by atoms with E-state index in [4.69, 9.17) is 0 Å². The molecule has 0 aliphatic carbocycles. The molecule has 0 saturated heterocycles. The van der Waals surface area contributed by atoms with Gasteiger partial charge in [-0.25, -0.2) is 9.97 Å². The second kappa shape index (κ2) is 5.83. The summed E-state index contributed by atoms with van der Waals surface area (Å²) < 4.78 is 0. The van der Waals surface area contributed by atoms with E-state index in [0.717, 1.165) is 0 Å². The van der Waals surface area contributed by atoms with Gasteiger partial charge in [0.25, 0.3) is 0 Å². The summed E-state index contributed by atoms with van der Waals surface area (Å²) >= 11 is 0. The van der Waals surface area contributed by atoms with Crippen molar-refractivity contribution in [3.63, 3.8) is 0 Å². The Morgan fingerprint density at radius 1 is 0.846 bits per heavy atom. The highest BCUT2D eigenvalue weighted by Gasteiger charge is 1.72. The molecule has 0 amide bonds. The standard InChI is InChI=1S/C6H7N.C4H4N2/c1-6-2-4-7-5-3-6;1-2-5-4-6-3-1/h2-5H,1H3;1-4H. The fourth-order valence-corrected chi connectivity index (χ4v) is 0.680. The van der Waals surface area contributed by atoms with Gasteiger partial charge in [0.15, 0.2) is 0 Å². The predicted molar refractivity (Wildman–Crippen MR) is 51.0 cm³/mol. The van der Waals surface area contributed by atoms with Gasteiger partial charge in [0, 0.05) is 24.8 Å². The second-order valence-electron chi connectivity index (χ2n) is 2.43. The molecule has 0 aromatic carbocycles. The first-order valence-corrected chi connectivity index (χ1v) is 3.96. The summed E-state index contributed by atoms with van der Waals surface area (Å²) in [4.78, 5) is 11.2. The van der Waals surface area contributed by atoms with Crippen LogP contribution in [0.4, 0.5) is 0 Å². The molecule has 0 N–H and O–H groups in total. The van der Waals surface area contributed by atoms with Gasteiger partial charge in [-0.15, -0.1) is 0 Å². The van der Waals surface area contributed by atoms with Crippen molar-refractivity contribution in [1.29, 1.82) is 0 Å². The first-order chi connectivity index (χ1) is 6.39. The third kappa shape index (κ3) is 4.63. The molecule has 2 aromatic rings. The van der Waals surface area contributed by atoms with Crippen molar-refractivity contribution in [2.24, 2.45) is 0 Å². The number of nitrogens with zero attached hydrogens (tertiary/aromatic N) is 3. The number of hydrogen-bond donors (Lipinski definition) is 0. The summed E-state index contributed by atoms with van der Waals surface area (Å²) in [5, 5.41) is 0. The Morgan fingerprint density at radius 3 is 1.69 bits per heavy atom. The van der Waals surface area contributed by atoms with Crippen LogP contribution in [0.15, 0.2) is 49.3 Å². The van der Waals surface area contributed by atoms with E-state index in [1.54, 1.807) is 30.9 Å². The molecule has 0 unspecified atom stereocenters.